The summed E-state index contributed by atoms with van der Waals surface area (Å²) in [6, 6.07) is 10.8. The van der Waals surface area contributed by atoms with Gasteiger partial charge in [0.25, 0.3) is 0 Å². The van der Waals surface area contributed by atoms with Gasteiger partial charge in [-0.2, -0.15) is 0 Å². The van der Waals surface area contributed by atoms with Gasteiger partial charge in [0.1, 0.15) is 46.7 Å². The van der Waals surface area contributed by atoms with E-state index in [-0.39, 0.29) is 51.5 Å². The topological polar surface area (TPSA) is 221 Å². The Labute approximate surface area is 237 Å². The van der Waals surface area contributed by atoms with Gasteiger partial charge in [0, 0.05) is 41.3 Å². The van der Waals surface area contributed by atoms with Crippen LogP contribution < -0.4 is 9.47 Å². The molecule has 6 rings (SSSR count). The summed E-state index contributed by atoms with van der Waals surface area (Å²) in [5, 5.41) is 105. The first kappa shape index (κ1) is 27.0. The summed E-state index contributed by atoms with van der Waals surface area (Å²) in [5.74, 6) is -5.08. The monoisotopic (exact) mass is 578 g/mol. The van der Waals surface area contributed by atoms with Gasteiger partial charge in [0.15, 0.2) is 29.1 Å². The summed E-state index contributed by atoms with van der Waals surface area (Å²) in [4.78, 5) is 0. The van der Waals surface area contributed by atoms with Crippen LogP contribution in [0.4, 0.5) is 0 Å². The number of aliphatic hydroxyl groups excluding tert-OH is 2. The van der Waals surface area contributed by atoms with Crippen molar-refractivity contribution in [1.29, 1.82) is 0 Å². The lowest BCUT2D eigenvalue weighted by Crippen LogP contribution is -2.36. The second kappa shape index (κ2) is 9.72. The van der Waals surface area contributed by atoms with Crippen molar-refractivity contribution < 1.29 is 60.5 Å². The molecule has 5 atom stereocenters. The number of aliphatic hydroxyl groups is 2. The summed E-state index contributed by atoms with van der Waals surface area (Å²) < 4.78 is 12.1. The summed E-state index contributed by atoms with van der Waals surface area (Å²) in [5.41, 5.74) is 0.435. The highest BCUT2D eigenvalue weighted by atomic mass is 16.5. The Balaban J connectivity index is 1.55. The minimum Gasteiger partial charge on any atom is -0.508 e. The first-order valence-electron chi connectivity index (χ1n) is 12.8. The molecule has 0 aromatic heterocycles. The van der Waals surface area contributed by atoms with Crippen molar-refractivity contribution in [3.63, 3.8) is 0 Å². The summed E-state index contributed by atoms with van der Waals surface area (Å²) >= 11 is 0. The van der Waals surface area contributed by atoms with Crippen molar-refractivity contribution >= 4 is 0 Å². The van der Waals surface area contributed by atoms with Gasteiger partial charge in [-0.1, -0.05) is 12.1 Å². The molecule has 0 fully saturated rings. The fourth-order valence-corrected chi connectivity index (χ4v) is 5.71. The molecular weight excluding hydrogens is 552 g/mol. The minimum atomic E-state index is -1.59. The van der Waals surface area contributed by atoms with Crippen molar-refractivity contribution in [3.8, 4) is 57.5 Å². The molecule has 0 saturated carbocycles. The van der Waals surface area contributed by atoms with Crippen LogP contribution in [0, 0.1) is 0 Å². The lowest BCUT2D eigenvalue weighted by molar-refractivity contribution is 0.00115. The quantitative estimate of drug-likeness (QED) is 0.159. The lowest BCUT2D eigenvalue weighted by Gasteiger charge is -2.40. The molecule has 2 aliphatic rings. The van der Waals surface area contributed by atoms with Crippen LogP contribution in [-0.4, -0.2) is 63.3 Å². The fourth-order valence-electron chi connectivity index (χ4n) is 5.71. The minimum absolute atomic E-state index is 0.0312. The van der Waals surface area contributed by atoms with Crippen LogP contribution in [0.3, 0.4) is 0 Å². The molecule has 2 unspecified atom stereocenters. The van der Waals surface area contributed by atoms with Crippen LogP contribution in [0.5, 0.6) is 57.5 Å². The van der Waals surface area contributed by atoms with E-state index in [2.05, 4.69) is 0 Å². The van der Waals surface area contributed by atoms with Crippen LogP contribution in [0.2, 0.25) is 0 Å². The van der Waals surface area contributed by atoms with Crippen LogP contribution in [-0.2, 0) is 6.42 Å². The lowest BCUT2D eigenvalue weighted by atomic mass is 9.77. The summed E-state index contributed by atoms with van der Waals surface area (Å²) in [6.07, 6.45) is -5.43. The van der Waals surface area contributed by atoms with E-state index >= 15 is 0 Å². The molecule has 0 saturated heterocycles. The highest BCUT2D eigenvalue weighted by Gasteiger charge is 2.46. The predicted octanol–water partition coefficient (Wildman–Crippen LogP) is 3.00. The number of aromatic hydroxyl groups is 8. The van der Waals surface area contributed by atoms with E-state index in [1.165, 1.54) is 42.5 Å². The maximum absolute atomic E-state index is 11.8. The number of fused-ring (bicyclic) bond motifs is 2. The highest BCUT2D eigenvalue weighted by Crippen LogP contribution is 2.57. The largest absolute Gasteiger partial charge is 0.508 e. The molecule has 4 aromatic rings. The van der Waals surface area contributed by atoms with E-state index in [9.17, 15) is 51.1 Å². The number of phenols is 8. The third-order valence-electron chi connectivity index (χ3n) is 7.67. The summed E-state index contributed by atoms with van der Waals surface area (Å²) in [7, 11) is 0. The molecule has 12 nitrogen and oxygen atoms in total. The fraction of sp³-hybridized carbons (Fsp3) is 0.200. The zero-order valence-corrected chi connectivity index (χ0v) is 21.6. The first-order chi connectivity index (χ1) is 19.9. The normalized spacial score (nSPS) is 22.9. The molecule has 10 N–H and O–H groups in total. The smallest absolute Gasteiger partial charge is 0.157 e. The highest BCUT2D eigenvalue weighted by molar-refractivity contribution is 5.65. The van der Waals surface area contributed by atoms with Crippen LogP contribution >= 0.6 is 0 Å². The van der Waals surface area contributed by atoms with Gasteiger partial charge in [-0.3, -0.25) is 0 Å². The van der Waals surface area contributed by atoms with Gasteiger partial charge in [0.2, 0.25) is 0 Å². The van der Waals surface area contributed by atoms with Gasteiger partial charge >= 0.3 is 0 Å². The Morgan fingerprint density at radius 2 is 1.14 bits per heavy atom. The predicted molar refractivity (Wildman–Crippen MR) is 143 cm³/mol. The van der Waals surface area contributed by atoms with Gasteiger partial charge in [0.05, 0.1) is 12.0 Å². The Morgan fingerprint density at radius 1 is 0.548 bits per heavy atom. The maximum Gasteiger partial charge on any atom is 0.157 e. The molecule has 2 aliphatic heterocycles. The standard InChI is InChI=1S/C30H26O12/c31-13-7-20(37)24-23(8-13)41-29(12-2-4-16(33)19(36)6-12)27(40)26(24)25-21(38)10-17(34)14-9-22(39)28(42-30(14)25)11-1-3-15(32)18(35)5-11/h1-8,10,22,26-29,31-40H,9H2/t22-,26?,27?,28-,29-/m1/s1. The van der Waals surface area contributed by atoms with Gasteiger partial charge in [-0.25, -0.2) is 0 Å². The van der Waals surface area contributed by atoms with Crippen LogP contribution in [0.15, 0.2) is 54.6 Å². The third-order valence-corrected chi connectivity index (χ3v) is 7.67. The molecule has 4 aromatic carbocycles. The molecule has 12 heteroatoms. The Hall–Kier alpha value is -5.20. The molecule has 0 radical (unpaired) electrons. The zero-order chi connectivity index (χ0) is 30.0. The molecule has 0 aliphatic carbocycles. The SMILES string of the molecule is Oc1cc(O)c2c(c1)O[C@H](c1ccc(O)c(O)c1)C(O)C2c1c(O)cc(O)c2c1O[C@H](c1ccc(O)c(O)c1)[C@H](O)C2. The van der Waals surface area contributed by atoms with Crippen molar-refractivity contribution in [2.45, 2.75) is 36.8 Å². The Kier molecular flexibility index (Phi) is 6.24. The van der Waals surface area contributed by atoms with Crippen molar-refractivity contribution in [1.82, 2.24) is 0 Å². The molecular formula is C30H26O12. The molecule has 2 heterocycles. The Bertz CT molecular complexity index is 1720. The van der Waals surface area contributed by atoms with E-state index in [0.717, 1.165) is 12.1 Å². The zero-order valence-electron chi connectivity index (χ0n) is 21.6. The van der Waals surface area contributed by atoms with Gasteiger partial charge in [-0.15, -0.1) is 0 Å². The molecule has 0 bridgehead atoms. The average molecular weight is 579 g/mol. The van der Waals surface area contributed by atoms with Crippen LogP contribution in [0.1, 0.15) is 45.9 Å². The molecule has 0 amide bonds. The van der Waals surface area contributed by atoms with E-state index < -0.39 is 70.6 Å². The number of hydrogen-bond acceptors (Lipinski definition) is 12. The first-order valence-corrected chi connectivity index (χ1v) is 12.8. The van der Waals surface area contributed by atoms with Crippen molar-refractivity contribution in [3.05, 3.63) is 82.4 Å². The number of hydrogen-bond donors (Lipinski definition) is 10. The van der Waals surface area contributed by atoms with Crippen molar-refractivity contribution in [2.24, 2.45) is 0 Å². The molecule has 0 spiro atoms. The maximum atomic E-state index is 11.8. The Morgan fingerprint density at radius 3 is 1.76 bits per heavy atom. The van der Waals surface area contributed by atoms with Gasteiger partial charge < -0.3 is 60.5 Å². The number of phenolic OH excluding ortho intramolecular Hbond substituents is 8. The average Bonchev–Trinajstić information content (AvgIpc) is 2.93. The van der Waals surface area contributed by atoms with E-state index in [1.54, 1.807) is 0 Å². The number of ether oxygens (including phenoxy) is 2. The van der Waals surface area contributed by atoms with E-state index in [0.29, 0.717) is 0 Å². The van der Waals surface area contributed by atoms with E-state index in [1.807, 2.05) is 0 Å². The summed E-state index contributed by atoms with van der Waals surface area (Å²) in [6.45, 7) is 0. The van der Waals surface area contributed by atoms with E-state index in [4.69, 9.17) is 9.47 Å². The molecule has 218 valence electrons. The molecule has 42 heavy (non-hydrogen) atoms. The second-order valence-electron chi connectivity index (χ2n) is 10.3. The number of rotatable bonds is 3. The third kappa shape index (κ3) is 4.24. The number of benzene rings is 4. The second-order valence-corrected chi connectivity index (χ2v) is 10.3. The van der Waals surface area contributed by atoms with Gasteiger partial charge in [-0.05, 0) is 35.4 Å². The van der Waals surface area contributed by atoms with Crippen LogP contribution in [0.25, 0.3) is 0 Å². The van der Waals surface area contributed by atoms with Crippen molar-refractivity contribution in [2.75, 3.05) is 0 Å².